The summed E-state index contributed by atoms with van der Waals surface area (Å²) < 4.78 is 0. The van der Waals surface area contributed by atoms with Crippen LogP contribution >= 0.6 is 11.6 Å². The van der Waals surface area contributed by atoms with Crippen LogP contribution in [0.1, 0.15) is 35.1 Å². The van der Waals surface area contributed by atoms with Crippen molar-refractivity contribution in [3.63, 3.8) is 0 Å². The summed E-state index contributed by atoms with van der Waals surface area (Å²) in [6.45, 7) is 1.11. The summed E-state index contributed by atoms with van der Waals surface area (Å²) in [5.74, 6) is -2.20. The number of hydrogen-bond acceptors (Lipinski definition) is 5. The van der Waals surface area contributed by atoms with E-state index in [4.69, 9.17) is 17.3 Å². The average molecular weight is 753 g/mol. The normalized spacial score (nSPS) is 13.4. The van der Waals surface area contributed by atoms with Gasteiger partial charge in [-0.2, -0.15) is 0 Å². The zero-order chi connectivity index (χ0) is 35.5. The molecule has 8 nitrogen and oxygen atoms in total. The molecule has 0 spiro atoms. The Bertz CT molecular complexity index is 2260. The minimum Gasteiger partial charge on any atom is -0.625 e. The minimum absolute atomic E-state index is 0. The monoisotopic (exact) mass is 751 g/mol. The van der Waals surface area contributed by atoms with E-state index in [1.165, 1.54) is 21.9 Å². The third-order valence-electron chi connectivity index (χ3n) is 9.17. The van der Waals surface area contributed by atoms with Crippen LogP contribution in [0.15, 0.2) is 126 Å². The van der Waals surface area contributed by atoms with Crippen molar-refractivity contribution in [1.82, 2.24) is 4.90 Å². The summed E-state index contributed by atoms with van der Waals surface area (Å²) in [6.07, 6.45) is -0.239. The molecule has 0 saturated heterocycles. The van der Waals surface area contributed by atoms with Gasteiger partial charge in [0.15, 0.2) is 0 Å². The number of nitrogens with two attached hydrogens (primary N) is 1. The Kier molecular flexibility index (Phi) is 11.2. The van der Waals surface area contributed by atoms with Crippen LogP contribution in [-0.4, -0.2) is 46.1 Å². The van der Waals surface area contributed by atoms with Gasteiger partial charge in [0.25, 0.3) is 0 Å². The molecular formula is C42H34ClN4NiO4+. The molecule has 0 unspecified atom stereocenters. The van der Waals surface area contributed by atoms with Gasteiger partial charge in [0.1, 0.15) is 6.04 Å². The SMILES string of the molecule is NC(=O)CC[C@@H](N=C(c1ccccc1)c1cc(Cl)ccc1[N-]C(=O)CN1Cc2ccc3ccccc3c2-c2c(ccc3ccccc23)C1)C(=O)O.[Ni+2]. The second-order valence-electron chi connectivity index (χ2n) is 12.7. The smallest absolute Gasteiger partial charge is 0.625 e. The number of halogens is 1. The van der Waals surface area contributed by atoms with Crippen molar-refractivity contribution in [2.45, 2.75) is 32.0 Å². The van der Waals surface area contributed by atoms with E-state index in [0.717, 1.165) is 21.9 Å². The Morgan fingerprint density at radius 2 is 1.37 bits per heavy atom. The molecule has 10 heteroatoms. The second kappa shape index (κ2) is 15.9. The molecule has 0 fully saturated rings. The first-order valence-corrected chi connectivity index (χ1v) is 17.1. The molecule has 1 aliphatic rings. The molecule has 262 valence electrons. The average Bonchev–Trinajstić information content (AvgIpc) is 3.29. The topological polar surface area (TPSA) is 127 Å². The van der Waals surface area contributed by atoms with Crippen molar-refractivity contribution < 1.29 is 36.0 Å². The van der Waals surface area contributed by atoms with Gasteiger partial charge in [0, 0.05) is 36.6 Å². The maximum atomic E-state index is 13.9. The molecule has 1 heterocycles. The Labute approximate surface area is 316 Å². The van der Waals surface area contributed by atoms with E-state index in [0.29, 0.717) is 34.9 Å². The van der Waals surface area contributed by atoms with Gasteiger partial charge in [-0.3, -0.25) is 14.7 Å². The number of benzene rings is 6. The molecular weight excluding hydrogens is 719 g/mol. The number of rotatable bonds is 10. The molecule has 0 saturated carbocycles. The van der Waals surface area contributed by atoms with Gasteiger partial charge in [-0.15, -0.1) is 5.69 Å². The largest absolute Gasteiger partial charge is 2.00 e. The minimum atomic E-state index is -1.26. The maximum absolute atomic E-state index is 13.9. The molecule has 52 heavy (non-hydrogen) atoms. The van der Waals surface area contributed by atoms with Gasteiger partial charge in [-0.05, 0) is 67.9 Å². The van der Waals surface area contributed by atoms with E-state index in [9.17, 15) is 19.5 Å². The third kappa shape index (κ3) is 7.77. The number of carboxylic acid groups (broad SMARTS) is 1. The van der Waals surface area contributed by atoms with Gasteiger partial charge in [-0.1, -0.05) is 121 Å². The number of fused-ring (bicyclic) bond motifs is 7. The number of aliphatic carboxylic acids is 1. The van der Waals surface area contributed by atoms with Gasteiger partial charge in [-0.25, -0.2) is 4.79 Å². The van der Waals surface area contributed by atoms with Gasteiger partial charge >= 0.3 is 22.5 Å². The Morgan fingerprint density at radius 3 is 1.94 bits per heavy atom. The first-order chi connectivity index (χ1) is 24.7. The summed E-state index contributed by atoms with van der Waals surface area (Å²) in [6, 6.07) is 38.0. The van der Waals surface area contributed by atoms with Crippen molar-refractivity contribution in [2.75, 3.05) is 6.54 Å². The fourth-order valence-electron chi connectivity index (χ4n) is 6.87. The second-order valence-corrected chi connectivity index (χ2v) is 13.1. The molecule has 0 bridgehead atoms. The zero-order valence-corrected chi connectivity index (χ0v) is 29.7. The Hall–Kier alpha value is -5.34. The first kappa shape index (κ1) is 36.5. The van der Waals surface area contributed by atoms with Crippen molar-refractivity contribution >= 4 is 62.3 Å². The number of amides is 2. The predicted octanol–water partition coefficient (Wildman–Crippen LogP) is 8.41. The van der Waals surface area contributed by atoms with Crippen molar-refractivity contribution in [2.24, 2.45) is 10.7 Å². The fourth-order valence-corrected chi connectivity index (χ4v) is 7.04. The van der Waals surface area contributed by atoms with Crippen LogP contribution < -0.4 is 5.73 Å². The standard InChI is InChI=1S/C42H35ClN4O4.Ni/c43-31-18-19-35(34(22-31)41(28-10-2-1-3-11-28)46-36(42(50)51)20-21-37(44)48)45-38(49)25-47-23-29-16-14-26-8-4-6-12-32(26)39(29)40-30(24-47)17-15-27-9-5-7-13-33(27)40;/h1-19,22,36H,20-21,23-25H2,(H4,44,45,46,48,49,50,51);/q;+2/p-1/t36-;/m1./s1. The van der Waals surface area contributed by atoms with Crippen LogP contribution in [0.3, 0.4) is 0 Å². The van der Waals surface area contributed by atoms with E-state index in [1.54, 1.807) is 42.5 Å². The summed E-state index contributed by atoms with van der Waals surface area (Å²) in [4.78, 5) is 44.4. The number of primary amides is 1. The molecule has 3 N–H and O–H groups in total. The van der Waals surface area contributed by atoms with E-state index in [1.807, 2.05) is 18.2 Å². The quantitative estimate of drug-likeness (QED) is 0.107. The van der Waals surface area contributed by atoms with E-state index < -0.39 is 17.9 Å². The molecule has 0 radical (unpaired) electrons. The molecule has 6 aromatic rings. The summed E-state index contributed by atoms with van der Waals surface area (Å²) in [7, 11) is 0. The number of carbonyl (C=O) groups excluding carboxylic acids is 2. The van der Waals surface area contributed by atoms with Gasteiger partial charge in [0.05, 0.1) is 11.6 Å². The van der Waals surface area contributed by atoms with E-state index in [2.05, 4.69) is 75.9 Å². The predicted molar refractivity (Wildman–Crippen MR) is 202 cm³/mol. The third-order valence-corrected chi connectivity index (χ3v) is 9.40. The first-order valence-electron chi connectivity index (χ1n) is 16.7. The Balaban J connectivity index is 0.00000464. The number of aliphatic imine (C=N–C) groups is 1. The fraction of sp³-hybridized carbons (Fsp3) is 0.143. The molecule has 2 amide bonds. The molecule has 1 atom stereocenters. The van der Waals surface area contributed by atoms with E-state index >= 15 is 0 Å². The van der Waals surface area contributed by atoms with Gasteiger partial charge in [0.2, 0.25) is 5.91 Å². The van der Waals surface area contributed by atoms with Crippen LogP contribution in [-0.2, 0) is 44.0 Å². The number of hydrogen-bond donors (Lipinski definition) is 2. The molecule has 1 aliphatic heterocycles. The number of carboxylic acids is 1. The summed E-state index contributed by atoms with van der Waals surface area (Å²) in [5.41, 5.74) is 11.5. The molecule has 0 aliphatic carbocycles. The molecule has 6 aromatic carbocycles. The summed E-state index contributed by atoms with van der Waals surface area (Å²) in [5, 5.41) is 19.6. The van der Waals surface area contributed by atoms with Gasteiger partial charge < -0.3 is 21.0 Å². The van der Waals surface area contributed by atoms with Crippen LogP contribution in [0.25, 0.3) is 38.0 Å². The van der Waals surface area contributed by atoms with E-state index in [-0.39, 0.29) is 47.5 Å². The maximum Gasteiger partial charge on any atom is 2.00 e. The van der Waals surface area contributed by atoms with Crippen molar-refractivity contribution in [3.05, 3.63) is 154 Å². The Morgan fingerprint density at radius 1 is 0.788 bits per heavy atom. The van der Waals surface area contributed by atoms with Crippen molar-refractivity contribution in [3.8, 4) is 11.1 Å². The molecule has 0 aromatic heterocycles. The summed E-state index contributed by atoms with van der Waals surface area (Å²) >= 11 is 6.47. The van der Waals surface area contributed by atoms with Crippen molar-refractivity contribution in [1.29, 1.82) is 0 Å². The van der Waals surface area contributed by atoms with Crippen LogP contribution in [0.2, 0.25) is 5.02 Å². The van der Waals surface area contributed by atoms with Crippen LogP contribution in [0, 0.1) is 0 Å². The number of nitrogens with zero attached hydrogens (tertiary/aromatic N) is 3. The molecule has 7 rings (SSSR count). The van der Waals surface area contributed by atoms with Crippen LogP contribution in [0.4, 0.5) is 5.69 Å². The zero-order valence-electron chi connectivity index (χ0n) is 27.9. The number of carbonyl (C=O) groups is 3. The van der Waals surface area contributed by atoms with Crippen LogP contribution in [0.5, 0.6) is 0 Å².